The molecular weight excluding hydrogens is 844 g/mol. The van der Waals surface area contributed by atoms with Crippen molar-refractivity contribution in [2.45, 2.75) is 202 Å². The molecular formula is C45H74O19. The van der Waals surface area contributed by atoms with E-state index in [0.717, 1.165) is 38.5 Å². The van der Waals surface area contributed by atoms with Gasteiger partial charge in [-0.3, -0.25) is 0 Å². The Hall–Kier alpha value is -0.760. The maximum Gasteiger partial charge on any atom is 0.187 e. The number of hydrogen-bond donors (Lipinski definition) is 11. The van der Waals surface area contributed by atoms with Crippen LogP contribution in [0.2, 0.25) is 0 Å². The van der Waals surface area contributed by atoms with Gasteiger partial charge in [0.15, 0.2) is 24.7 Å². The van der Waals surface area contributed by atoms with E-state index in [-0.39, 0.29) is 40.6 Å². The normalized spacial score (nSPS) is 58.6. The molecule has 0 aromatic carbocycles. The number of fused-ring (bicyclic) bond motifs is 7. The molecule has 0 amide bonds. The minimum absolute atomic E-state index is 0.0420. The maximum atomic E-state index is 11.8. The molecule has 5 saturated heterocycles. The third-order valence-electron chi connectivity index (χ3n) is 18.3. The lowest BCUT2D eigenvalue weighted by Gasteiger charge is -2.63. The van der Waals surface area contributed by atoms with Gasteiger partial charge in [-0.25, -0.2) is 0 Å². The lowest BCUT2D eigenvalue weighted by Crippen LogP contribution is -2.68. The van der Waals surface area contributed by atoms with Crippen LogP contribution in [0.3, 0.4) is 0 Å². The second kappa shape index (κ2) is 18.2. The Kier molecular flexibility index (Phi) is 13.7. The van der Waals surface area contributed by atoms with Crippen molar-refractivity contribution in [3.63, 3.8) is 0 Å². The Morgan fingerprint density at radius 3 is 1.72 bits per heavy atom. The summed E-state index contributed by atoms with van der Waals surface area (Å²) in [6.45, 7) is 7.65. The van der Waals surface area contributed by atoms with Crippen molar-refractivity contribution in [1.29, 1.82) is 0 Å². The van der Waals surface area contributed by atoms with E-state index in [1.165, 1.54) is 0 Å². The molecule has 9 aliphatic rings. The molecule has 19 nitrogen and oxygen atoms in total. The van der Waals surface area contributed by atoms with Crippen molar-refractivity contribution >= 4 is 0 Å². The monoisotopic (exact) mass is 918 g/mol. The van der Waals surface area contributed by atoms with E-state index in [4.69, 9.17) is 37.9 Å². The van der Waals surface area contributed by atoms with Gasteiger partial charge < -0.3 is 94.1 Å². The van der Waals surface area contributed by atoms with Gasteiger partial charge in [-0.15, -0.1) is 0 Å². The van der Waals surface area contributed by atoms with E-state index in [0.29, 0.717) is 43.6 Å². The van der Waals surface area contributed by atoms with Gasteiger partial charge in [0.05, 0.1) is 44.7 Å². The summed E-state index contributed by atoms with van der Waals surface area (Å²) < 4.78 is 51.0. The highest BCUT2D eigenvalue weighted by atomic mass is 16.8. The minimum atomic E-state index is -1.91. The zero-order valence-electron chi connectivity index (χ0n) is 37.3. The molecule has 9 rings (SSSR count). The lowest BCUT2D eigenvalue weighted by molar-refractivity contribution is -0.399. The van der Waals surface area contributed by atoms with Crippen LogP contribution in [0.1, 0.15) is 85.5 Å². The van der Waals surface area contributed by atoms with Gasteiger partial charge in [-0.05, 0) is 97.7 Å². The van der Waals surface area contributed by atoms with Crippen LogP contribution in [-0.4, -0.2) is 199 Å². The van der Waals surface area contributed by atoms with Gasteiger partial charge in [0, 0.05) is 12.3 Å². The molecule has 5 aliphatic heterocycles. The first kappa shape index (κ1) is 48.3. The second-order valence-corrected chi connectivity index (χ2v) is 21.7. The van der Waals surface area contributed by atoms with Gasteiger partial charge in [0.1, 0.15) is 73.2 Å². The van der Waals surface area contributed by atoms with Crippen LogP contribution >= 0.6 is 0 Å². The molecule has 11 N–H and O–H groups in total. The Morgan fingerprint density at radius 2 is 1.12 bits per heavy atom. The first-order chi connectivity index (χ1) is 30.4. The third-order valence-corrected chi connectivity index (χ3v) is 18.3. The second-order valence-electron chi connectivity index (χ2n) is 21.7. The number of hydrogen-bond acceptors (Lipinski definition) is 19. The first-order valence-corrected chi connectivity index (χ1v) is 23.9. The summed E-state index contributed by atoms with van der Waals surface area (Å²) in [5, 5.41) is 118. The van der Waals surface area contributed by atoms with E-state index >= 15 is 0 Å². The van der Waals surface area contributed by atoms with E-state index < -0.39 is 130 Å². The number of ether oxygens (including phenoxy) is 8. The summed E-state index contributed by atoms with van der Waals surface area (Å²) >= 11 is 0. The Balaban J connectivity index is 1.05. The van der Waals surface area contributed by atoms with E-state index in [1.54, 1.807) is 0 Å². The fraction of sp³-hybridized carbons (Fsp3) is 1.00. The molecule has 5 heterocycles. The van der Waals surface area contributed by atoms with Crippen LogP contribution in [0.15, 0.2) is 0 Å². The number of aliphatic hydroxyl groups excluding tert-OH is 11. The highest BCUT2D eigenvalue weighted by molar-refractivity contribution is 5.17. The third kappa shape index (κ3) is 7.85. The number of rotatable bonds is 9. The molecule has 4 aliphatic carbocycles. The van der Waals surface area contributed by atoms with Crippen molar-refractivity contribution < 1.29 is 94.1 Å². The van der Waals surface area contributed by atoms with E-state index in [9.17, 15) is 56.2 Å². The average Bonchev–Trinajstić information content (AvgIpc) is 3.73. The van der Waals surface area contributed by atoms with E-state index in [1.807, 2.05) is 0 Å². The highest BCUT2D eigenvalue weighted by Crippen LogP contribution is 2.71. The van der Waals surface area contributed by atoms with Gasteiger partial charge >= 0.3 is 0 Å². The molecule has 9 fully saturated rings. The van der Waals surface area contributed by atoms with E-state index in [2.05, 4.69) is 27.7 Å². The van der Waals surface area contributed by atoms with Crippen LogP contribution in [0.5, 0.6) is 0 Å². The molecule has 0 bridgehead atoms. The molecule has 0 radical (unpaired) electrons. The summed E-state index contributed by atoms with van der Waals surface area (Å²) in [6, 6.07) is 0. The Bertz CT molecular complexity index is 1600. The van der Waals surface area contributed by atoms with Crippen molar-refractivity contribution in [1.82, 2.24) is 0 Å². The Labute approximate surface area is 373 Å². The smallest absolute Gasteiger partial charge is 0.187 e. The fourth-order valence-corrected chi connectivity index (χ4v) is 14.7. The molecule has 4 saturated carbocycles. The SMILES string of the molecule is C[C@@H]1CC[C@@]2(OC1)O[C@H]1C[C@H]3[C@@H]4C[C@H](O[C@@H]5O[C@H](CO)[C@@H](O)[C@H](O[C@@H]6O[C@H](CO)[C@@H](O)[C@H](O)[C@H]6O)[C@H]5O[C@@H]5O[C@H](CO)[C@@H](O)[C@H](O)[C@H]5O)[C@H]5C[C@@H](O)CC[C@]5(C)[C@H]4CC[C@]3(C)[C@H]1[C@@H]2C. The summed E-state index contributed by atoms with van der Waals surface area (Å²) in [7, 11) is 0. The van der Waals surface area contributed by atoms with Crippen LogP contribution in [0, 0.1) is 52.3 Å². The van der Waals surface area contributed by atoms with Gasteiger partial charge in [-0.2, -0.15) is 0 Å². The van der Waals surface area contributed by atoms with Gasteiger partial charge in [0.25, 0.3) is 0 Å². The molecule has 0 aromatic rings. The first-order valence-electron chi connectivity index (χ1n) is 23.9. The zero-order valence-corrected chi connectivity index (χ0v) is 37.3. The maximum absolute atomic E-state index is 11.8. The molecule has 368 valence electrons. The molecule has 64 heavy (non-hydrogen) atoms. The molecule has 0 unspecified atom stereocenters. The number of aliphatic hydroxyl groups is 11. The van der Waals surface area contributed by atoms with Crippen molar-refractivity contribution in [3.05, 3.63) is 0 Å². The molecule has 0 aromatic heterocycles. The van der Waals surface area contributed by atoms with Crippen molar-refractivity contribution in [2.75, 3.05) is 26.4 Å². The van der Waals surface area contributed by atoms with Crippen molar-refractivity contribution in [3.8, 4) is 0 Å². The summed E-state index contributed by atoms with van der Waals surface area (Å²) in [5.41, 5.74) is -0.317. The minimum Gasteiger partial charge on any atom is -0.394 e. The van der Waals surface area contributed by atoms with Gasteiger partial charge in [0.2, 0.25) is 0 Å². The van der Waals surface area contributed by atoms with Crippen LogP contribution in [0.4, 0.5) is 0 Å². The van der Waals surface area contributed by atoms with Crippen molar-refractivity contribution in [2.24, 2.45) is 52.3 Å². The largest absolute Gasteiger partial charge is 0.394 e. The summed E-state index contributed by atoms with van der Waals surface area (Å²) in [6.07, 6.45) is -19.2. The Morgan fingerprint density at radius 1 is 0.547 bits per heavy atom. The van der Waals surface area contributed by atoms with Crippen LogP contribution < -0.4 is 0 Å². The average molecular weight is 919 g/mol. The molecule has 19 heteroatoms. The zero-order chi connectivity index (χ0) is 45.8. The lowest BCUT2D eigenvalue weighted by atomic mass is 9.43. The van der Waals surface area contributed by atoms with Crippen LogP contribution in [-0.2, 0) is 37.9 Å². The van der Waals surface area contributed by atoms with Crippen LogP contribution in [0.25, 0.3) is 0 Å². The summed E-state index contributed by atoms with van der Waals surface area (Å²) in [4.78, 5) is 0. The standard InChI is InChI=1S/C45H74O19/c1-18-5-10-45(57-17-18)19(2)30-26(64-45)13-23-21-12-25(24-11-20(49)6-8-43(24,3)22(21)7-9-44(23,30)4)58-42-39(63-41-37(56)35(54)32(51)28(15-47)60-41)38(33(52)29(16-48)61-42)62-40-36(55)34(53)31(50)27(14-46)59-40/h18-42,46-56H,5-17H2,1-4H3/t18-,19+,20+,21-,22+,23+,24-,25+,26+,27-,28-,29-,30+,31-,32-,33-,34+,35+,36-,37-,38+,39-,40+,41+,42-,43-,44+,45-/m1/s1. The summed E-state index contributed by atoms with van der Waals surface area (Å²) in [5.74, 6) is 1.02. The van der Waals surface area contributed by atoms with Gasteiger partial charge in [-0.1, -0.05) is 27.7 Å². The fourth-order valence-electron chi connectivity index (χ4n) is 14.7. The predicted octanol–water partition coefficient (Wildman–Crippen LogP) is -1.76. The predicted molar refractivity (Wildman–Crippen MR) is 217 cm³/mol. The topological polar surface area (TPSA) is 296 Å². The molecule has 28 atom stereocenters. The highest BCUT2D eigenvalue weighted by Gasteiger charge is 2.70. The molecule has 1 spiro atoms. The quantitative estimate of drug-likeness (QED) is 0.114.